The molecular weight excluding hydrogens is 707 g/mol. The van der Waals surface area contributed by atoms with E-state index in [0.29, 0.717) is 62.4 Å². The summed E-state index contributed by atoms with van der Waals surface area (Å²) < 4.78 is 31.4. The zero-order valence-electron chi connectivity index (χ0n) is 25.6. The lowest BCUT2D eigenvalue weighted by atomic mass is 9.95. The molecule has 2 heterocycles. The van der Waals surface area contributed by atoms with Crippen molar-refractivity contribution in [1.82, 2.24) is 4.57 Å². The second-order valence-corrected chi connectivity index (χ2v) is 12.1. The Kier molecular flexibility index (Phi) is 10.3. The predicted molar refractivity (Wildman–Crippen MR) is 181 cm³/mol. The lowest BCUT2D eigenvalue weighted by molar-refractivity contribution is -0.139. The van der Waals surface area contributed by atoms with Crippen LogP contribution in [0.15, 0.2) is 81.7 Å². The maximum Gasteiger partial charge on any atom is 0.338 e. The smallest absolute Gasteiger partial charge is 0.338 e. The van der Waals surface area contributed by atoms with Gasteiger partial charge in [0, 0.05) is 0 Å². The fourth-order valence-electron chi connectivity index (χ4n) is 5.08. The number of carbonyl (C=O) groups excluding carboxylic acids is 1. The number of carbonyl (C=O) groups is 1. The first-order valence-corrected chi connectivity index (χ1v) is 16.2. The summed E-state index contributed by atoms with van der Waals surface area (Å²) in [6, 6.07) is 18.3. The number of aromatic nitrogens is 1. The lowest BCUT2D eigenvalue weighted by Crippen LogP contribution is -2.40. The molecule has 0 spiro atoms. The highest BCUT2D eigenvalue weighted by Gasteiger charge is 2.34. The van der Waals surface area contributed by atoms with E-state index in [0.717, 1.165) is 14.7 Å². The molecule has 0 saturated heterocycles. The van der Waals surface area contributed by atoms with Gasteiger partial charge < -0.3 is 23.7 Å². The summed E-state index contributed by atoms with van der Waals surface area (Å²) >= 11 is 3.46. The molecule has 0 aliphatic carbocycles. The summed E-state index contributed by atoms with van der Waals surface area (Å²) in [5.74, 6) is 1.70. The molecule has 1 aliphatic heterocycles. The van der Waals surface area contributed by atoms with Crippen molar-refractivity contribution in [2.75, 3.05) is 27.4 Å². The van der Waals surface area contributed by atoms with Crippen LogP contribution in [0, 0.1) is 3.57 Å². The number of benzene rings is 3. The number of thiazole rings is 1. The minimum Gasteiger partial charge on any atom is -0.493 e. The Morgan fingerprint density at radius 3 is 2.42 bits per heavy atom. The summed E-state index contributed by atoms with van der Waals surface area (Å²) in [5, 5.41) is 0. The van der Waals surface area contributed by atoms with Crippen LogP contribution in [0.25, 0.3) is 6.08 Å². The van der Waals surface area contributed by atoms with Gasteiger partial charge in [0.05, 0.1) is 52.8 Å². The third-order valence-corrected chi connectivity index (χ3v) is 8.88. The van der Waals surface area contributed by atoms with Crippen LogP contribution < -0.4 is 33.8 Å². The highest BCUT2D eigenvalue weighted by molar-refractivity contribution is 14.1. The number of fused-ring (bicyclic) bond motifs is 1. The van der Waals surface area contributed by atoms with Crippen LogP contribution in [0.4, 0.5) is 0 Å². The Bertz CT molecular complexity index is 1930. The molecule has 0 N–H and O–H groups in total. The van der Waals surface area contributed by atoms with Crippen LogP contribution in [0.2, 0.25) is 0 Å². The third kappa shape index (κ3) is 6.79. The van der Waals surface area contributed by atoms with Gasteiger partial charge in [-0.1, -0.05) is 47.7 Å². The van der Waals surface area contributed by atoms with E-state index in [9.17, 15) is 9.59 Å². The first-order chi connectivity index (χ1) is 21.8. The zero-order valence-corrected chi connectivity index (χ0v) is 28.6. The maximum absolute atomic E-state index is 14.1. The molecule has 0 bridgehead atoms. The van der Waals surface area contributed by atoms with Crippen LogP contribution in [0.5, 0.6) is 23.0 Å². The van der Waals surface area contributed by atoms with Gasteiger partial charge in [-0.15, -0.1) is 0 Å². The molecule has 1 atom stereocenters. The van der Waals surface area contributed by atoms with Gasteiger partial charge >= 0.3 is 5.97 Å². The van der Waals surface area contributed by atoms with E-state index >= 15 is 0 Å². The summed E-state index contributed by atoms with van der Waals surface area (Å²) in [6.45, 7) is 6.37. The van der Waals surface area contributed by atoms with Crippen LogP contribution in [0.3, 0.4) is 0 Å². The molecular formula is C34H33IN2O7S. The van der Waals surface area contributed by atoms with E-state index in [1.807, 2.05) is 55.5 Å². The highest BCUT2D eigenvalue weighted by Crippen LogP contribution is 2.37. The summed E-state index contributed by atoms with van der Waals surface area (Å²) in [5.41, 5.74) is 2.95. The molecule has 9 nitrogen and oxygen atoms in total. The predicted octanol–water partition coefficient (Wildman–Crippen LogP) is 5.40. The van der Waals surface area contributed by atoms with Crippen LogP contribution >= 0.6 is 33.9 Å². The van der Waals surface area contributed by atoms with E-state index in [2.05, 4.69) is 27.6 Å². The zero-order chi connectivity index (χ0) is 32.1. The monoisotopic (exact) mass is 740 g/mol. The molecule has 1 aliphatic rings. The lowest BCUT2D eigenvalue weighted by Gasteiger charge is -2.25. The van der Waals surface area contributed by atoms with Crippen molar-refractivity contribution in [3.63, 3.8) is 0 Å². The molecule has 234 valence electrons. The van der Waals surface area contributed by atoms with Gasteiger partial charge in [-0.25, -0.2) is 9.79 Å². The molecule has 3 aromatic carbocycles. The second kappa shape index (κ2) is 14.3. The first kappa shape index (κ1) is 32.3. The van der Waals surface area contributed by atoms with Gasteiger partial charge in [0.15, 0.2) is 27.8 Å². The number of hydrogen-bond donors (Lipinski definition) is 0. The molecule has 11 heteroatoms. The van der Waals surface area contributed by atoms with Gasteiger partial charge in [0.25, 0.3) is 5.56 Å². The van der Waals surface area contributed by atoms with Gasteiger partial charge in [0.1, 0.15) is 6.61 Å². The van der Waals surface area contributed by atoms with Crippen molar-refractivity contribution in [2.24, 2.45) is 4.99 Å². The SMILES string of the molecule is CCOC(=O)C1=C(C)N=c2s/c(=C\c3cc(I)c(OCc4ccccc4)c(OC)c3)c(=O)n2C1c1ccc(OC)c(OCC)c1. The Labute approximate surface area is 278 Å². The van der Waals surface area contributed by atoms with Crippen molar-refractivity contribution >= 4 is 46.0 Å². The van der Waals surface area contributed by atoms with Crippen molar-refractivity contribution in [3.05, 3.63) is 112 Å². The number of ether oxygens (including phenoxy) is 5. The molecule has 4 aromatic rings. The standard InChI is InChI=1S/C34H33IN2O7S/c1-6-42-26-18-23(13-14-25(26)40-4)30-29(33(39)43-7-2)20(3)36-34-37(30)32(38)28(45-34)17-22-15-24(35)31(27(16-22)41-5)44-19-21-11-9-8-10-12-21/h8-18,30H,6-7,19H2,1-5H3/b28-17-. The molecule has 0 fully saturated rings. The summed E-state index contributed by atoms with van der Waals surface area (Å²) in [7, 11) is 3.15. The fourth-order valence-corrected chi connectivity index (χ4v) is 6.91. The van der Waals surface area contributed by atoms with Crippen LogP contribution in [-0.4, -0.2) is 38.0 Å². The average Bonchev–Trinajstić information content (AvgIpc) is 3.33. The quantitative estimate of drug-likeness (QED) is 0.150. The Balaban J connectivity index is 1.61. The Morgan fingerprint density at radius 2 is 1.73 bits per heavy atom. The second-order valence-electron chi connectivity index (χ2n) is 9.95. The highest BCUT2D eigenvalue weighted by atomic mass is 127. The van der Waals surface area contributed by atoms with Crippen molar-refractivity contribution < 1.29 is 28.5 Å². The van der Waals surface area contributed by atoms with E-state index in [1.54, 1.807) is 50.8 Å². The fraction of sp³-hybridized carbons (Fsp3) is 0.265. The van der Waals surface area contributed by atoms with Gasteiger partial charge in [0.2, 0.25) is 0 Å². The molecule has 0 amide bonds. The van der Waals surface area contributed by atoms with Crippen molar-refractivity contribution in [3.8, 4) is 23.0 Å². The minimum atomic E-state index is -0.781. The summed E-state index contributed by atoms with van der Waals surface area (Å²) in [4.78, 5) is 32.6. The molecule has 45 heavy (non-hydrogen) atoms. The average molecular weight is 741 g/mol. The van der Waals surface area contributed by atoms with Crippen LogP contribution in [0.1, 0.15) is 43.5 Å². The van der Waals surface area contributed by atoms with E-state index in [1.165, 1.54) is 11.3 Å². The molecule has 0 radical (unpaired) electrons. The summed E-state index contributed by atoms with van der Waals surface area (Å²) in [6.07, 6.45) is 1.80. The Morgan fingerprint density at radius 1 is 0.978 bits per heavy atom. The largest absolute Gasteiger partial charge is 0.493 e. The molecule has 1 aromatic heterocycles. The van der Waals surface area contributed by atoms with Gasteiger partial charge in [-0.05, 0) is 90.4 Å². The number of allylic oxidation sites excluding steroid dienone is 1. The number of rotatable bonds is 11. The number of methoxy groups -OCH3 is 2. The van der Waals surface area contributed by atoms with E-state index in [-0.39, 0.29) is 12.2 Å². The van der Waals surface area contributed by atoms with E-state index in [4.69, 9.17) is 23.7 Å². The number of halogens is 1. The van der Waals surface area contributed by atoms with Crippen molar-refractivity contribution in [1.29, 1.82) is 0 Å². The Hall–Kier alpha value is -4.10. The minimum absolute atomic E-state index is 0.186. The molecule has 1 unspecified atom stereocenters. The van der Waals surface area contributed by atoms with Gasteiger partial charge in [-0.3, -0.25) is 9.36 Å². The van der Waals surface area contributed by atoms with Crippen molar-refractivity contribution in [2.45, 2.75) is 33.4 Å². The first-order valence-electron chi connectivity index (χ1n) is 14.3. The number of esters is 1. The molecule has 5 rings (SSSR count). The van der Waals surface area contributed by atoms with Gasteiger partial charge in [-0.2, -0.15) is 0 Å². The normalized spacial score (nSPS) is 14.4. The molecule has 0 saturated carbocycles. The number of nitrogens with zero attached hydrogens (tertiary/aromatic N) is 2. The number of hydrogen-bond acceptors (Lipinski definition) is 9. The topological polar surface area (TPSA) is 97.6 Å². The third-order valence-electron chi connectivity index (χ3n) is 7.10. The van der Waals surface area contributed by atoms with E-state index < -0.39 is 12.0 Å². The maximum atomic E-state index is 14.1. The van der Waals surface area contributed by atoms with Crippen LogP contribution in [-0.2, 0) is 16.1 Å².